The van der Waals surface area contributed by atoms with Gasteiger partial charge in [0.2, 0.25) is 5.91 Å². The number of rotatable bonds is 5. The summed E-state index contributed by atoms with van der Waals surface area (Å²) >= 11 is 0. The zero-order valence-corrected chi connectivity index (χ0v) is 10.6. The molecule has 1 atom stereocenters. The summed E-state index contributed by atoms with van der Waals surface area (Å²) in [5.74, 6) is 0.0671. The Labute approximate surface area is 98.1 Å². The molecule has 1 aliphatic rings. The van der Waals surface area contributed by atoms with E-state index in [2.05, 4.69) is 17.6 Å². The fourth-order valence-corrected chi connectivity index (χ4v) is 1.65. The highest BCUT2D eigenvalue weighted by molar-refractivity contribution is 5.78. The van der Waals surface area contributed by atoms with E-state index in [9.17, 15) is 4.79 Å². The lowest BCUT2D eigenvalue weighted by Crippen LogP contribution is -2.49. The van der Waals surface area contributed by atoms with Crippen LogP contribution in [0.5, 0.6) is 0 Å². The number of nitrogens with one attached hydrogen (secondary N) is 2. The largest absolute Gasteiger partial charge is 0.380 e. The van der Waals surface area contributed by atoms with E-state index < -0.39 is 0 Å². The molecule has 1 heterocycles. The van der Waals surface area contributed by atoms with Gasteiger partial charge in [-0.1, -0.05) is 6.92 Å². The molecule has 2 N–H and O–H groups in total. The van der Waals surface area contributed by atoms with Gasteiger partial charge in [-0.15, -0.1) is 0 Å². The molecule has 1 saturated heterocycles. The highest BCUT2D eigenvalue weighted by atomic mass is 16.5. The number of amides is 1. The topological polar surface area (TPSA) is 50.4 Å². The van der Waals surface area contributed by atoms with Crippen molar-refractivity contribution in [2.75, 3.05) is 19.8 Å². The Morgan fingerprint density at radius 3 is 2.81 bits per heavy atom. The molecule has 0 saturated carbocycles. The number of carbonyl (C=O) groups is 1. The van der Waals surface area contributed by atoms with Gasteiger partial charge in [-0.05, 0) is 33.1 Å². The van der Waals surface area contributed by atoms with Crippen molar-refractivity contribution in [1.82, 2.24) is 10.6 Å². The van der Waals surface area contributed by atoms with Crippen LogP contribution in [0.25, 0.3) is 0 Å². The Bertz CT molecular complexity index is 223. The molecular formula is C12H24N2O2. The highest BCUT2D eigenvalue weighted by Gasteiger charge is 2.19. The lowest BCUT2D eigenvalue weighted by atomic mass is 10.0. The summed E-state index contributed by atoms with van der Waals surface area (Å²) in [6, 6.07) is 0.337. The van der Waals surface area contributed by atoms with Crippen LogP contribution in [0.4, 0.5) is 0 Å². The maximum Gasteiger partial charge on any atom is 0.234 e. The second-order valence-corrected chi connectivity index (χ2v) is 5.08. The molecular weight excluding hydrogens is 204 g/mol. The number of carbonyl (C=O) groups excluding carboxylic acids is 1. The third-order valence-corrected chi connectivity index (χ3v) is 3.07. The van der Waals surface area contributed by atoms with E-state index in [0.717, 1.165) is 32.5 Å². The standard InChI is InChI=1S/C12H24N2O2/c1-4-12(2,3)14-11(15)8-13-10-6-5-7-16-9-10/h10,13H,4-9H2,1-3H3,(H,14,15). The molecule has 1 rings (SSSR count). The Kier molecular flexibility index (Phi) is 5.22. The van der Waals surface area contributed by atoms with Gasteiger partial charge in [0.15, 0.2) is 0 Å². The smallest absolute Gasteiger partial charge is 0.234 e. The summed E-state index contributed by atoms with van der Waals surface area (Å²) in [5, 5.41) is 6.23. The summed E-state index contributed by atoms with van der Waals surface area (Å²) in [7, 11) is 0. The maximum atomic E-state index is 11.6. The third-order valence-electron chi connectivity index (χ3n) is 3.07. The van der Waals surface area contributed by atoms with Crippen LogP contribution < -0.4 is 10.6 Å². The van der Waals surface area contributed by atoms with Gasteiger partial charge in [0.1, 0.15) is 0 Å². The van der Waals surface area contributed by atoms with Crippen LogP contribution in [0.3, 0.4) is 0 Å². The summed E-state index contributed by atoms with van der Waals surface area (Å²) in [6.07, 6.45) is 3.12. The zero-order valence-electron chi connectivity index (χ0n) is 10.6. The molecule has 0 aromatic rings. The minimum absolute atomic E-state index is 0.0671. The predicted molar refractivity (Wildman–Crippen MR) is 64.4 cm³/mol. The van der Waals surface area contributed by atoms with Gasteiger partial charge < -0.3 is 15.4 Å². The minimum Gasteiger partial charge on any atom is -0.380 e. The monoisotopic (exact) mass is 228 g/mol. The van der Waals surface area contributed by atoms with Crippen LogP contribution in [-0.4, -0.2) is 37.2 Å². The molecule has 0 aromatic heterocycles. The van der Waals surface area contributed by atoms with Crippen molar-refractivity contribution in [3.8, 4) is 0 Å². The molecule has 0 radical (unpaired) electrons. The van der Waals surface area contributed by atoms with Crippen LogP contribution in [0.15, 0.2) is 0 Å². The Morgan fingerprint density at radius 2 is 2.25 bits per heavy atom. The Balaban J connectivity index is 2.19. The lowest BCUT2D eigenvalue weighted by molar-refractivity contribution is -0.122. The van der Waals surface area contributed by atoms with Crippen LogP contribution >= 0.6 is 0 Å². The first-order valence-electron chi connectivity index (χ1n) is 6.15. The molecule has 94 valence electrons. The summed E-state index contributed by atoms with van der Waals surface area (Å²) < 4.78 is 5.34. The minimum atomic E-state index is -0.109. The van der Waals surface area contributed by atoms with Crippen molar-refractivity contribution >= 4 is 5.91 Å². The van der Waals surface area contributed by atoms with E-state index in [4.69, 9.17) is 4.74 Å². The van der Waals surface area contributed by atoms with Gasteiger partial charge in [0, 0.05) is 18.2 Å². The summed E-state index contributed by atoms with van der Waals surface area (Å²) in [6.45, 7) is 8.11. The zero-order chi connectivity index (χ0) is 12.0. The predicted octanol–water partition coefficient (Wildman–Crippen LogP) is 1.06. The van der Waals surface area contributed by atoms with Crippen LogP contribution in [0.2, 0.25) is 0 Å². The summed E-state index contributed by atoms with van der Waals surface area (Å²) in [5.41, 5.74) is -0.109. The van der Waals surface area contributed by atoms with Gasteiger partial charge in [0.25, 0.3) is 0 Å². The van der Waals surface area contributed by atoms with E-state index in [1.807, 2.05) is 13.8 Å². The van der Waals surface area contributed by atoms with E-state index in [1.165, 1.54) is 0 Å². The molecule has 0 aromatic carbocycles. The number of ether oxygens (including phenoxy) is 1. The third kappa shape index (κ3) is 4.94. The van der Waals surface area contributed by atoms with E-state index in [-0.39, 0.29) is 11.4 Å². The van der Waals surface area contributed by atoms with Crippen molar-refractivity contribution < 1.29 is 9.53 Å². The van der Waals surface area contributed by atoms with Crippen molar-refractivity contribution in [2.24, 2.45) is 0 Å². The average molecular weight is 228 g/mol. The first kappa shape index (κ1) is 13.5. The molecule has 1 fully saturated rings. The highest BCUT2D eigenvalue weighted by Crippen LogP contribution is 2.07. The average Bonchev–Trinajstić information content (AvgIpc) is 2.27. The van der Waals surface area contributed by atoms with Crippen LogP contribution in [0.1, 0.15) is 40.0 Å². The SMILES string of the molecule is CCC(C)(C)NC(=O)CNC1CCCOC1. The molecule has 1 unspecified atom stereocenters. The Hall–Kier alpha value is -0.610. The lowest BCUT2D eigenvalue weighted by Gasteiger charge is -2.26. The van der Waals surface area contributed by atoms with Gasteiger partial charge in [0.05, 0.1) is 13.2 Å². The fourth-order valence-electron chi connectivity index (χ4n) is 1.65. The molecule has 1 aliphatic heterocycles. The molecule has 4 nitrogen and oxygen atoms in total. The first-order chi connectivity index (χ1) is 7.53. The molecule has 1 amide bonds. The molecule has 0 aliphatic carbocycles. The van der Waals surface area contributed by atoms with E-state index in [1.54, 1.807) is 0 Å². The summed E-state index contributed by atoms with van der Waals surface area (Å²) in [4.78, 5) is 11.6. The normalized spacial score (nSPS) is 21.8. The fraction of sp³-hybridized carbons (Fsp3) is 0.917. The van der Waals surface area contributed by atoms with Gasteiger partial charge in [-0.2, -0.15) is 0 Å². The second kappa shape index (κ2) is 6.21. The first-order valence-corrected chi connectivity index (χ1v) is 6.15. The molecule has 4 heteroatoms. The van der Waals surface area contributed by atoms with Crippen molar-refractivity contribution in [2.45, 2.75) is 51.6 Å². The number of hydrogen-bond donors (Lipinski definition) is 2. The van der Waals surface area contributed by atoms with Gasteiger partial charge in [-0.3, -0.25) is 4.79 Å². The Morgan fingerprint density at radius 1 is 1.50 bits per heavy atom. The van der Waals surface area contributed by atoms with Gasteiger partial charge >= 0.3 is 0 Å². The second-order valence-electron chi connectivity index (χ2n) is 5.08. The molecule has 16 heavy (non-hydrogen) atoms. The quantitative estimate of drug-likeness (QED) is 0.740. The van der Waals surface area contributed by atoms with Gasteiger partial charge in [-0.25, -0.2) is 0 Å². The van der Waals surface area contributed by atoms with Crippen LogP contribution in [0, 0.1) is 0 Å². The van der Waals surface area contributed by atoms with Crippen LogP contribution in [-0.2, 0) is 9.53 Å². The molecule has 0 bridgehead atoms. The molecule has 0 spiro atoms. The van der Waals surface area contributed by atoms with Crippen molar-refractivity contribution in [3.63, 3.8) is 0 Å². The van der Waals surface area contributed by atoms with E-state index >= 15 is 0 Å². The van der Waals surface area contributed by atoms with Crippen molar-refractivity contribution in [1.29, 1.82) is 0 Å². The van der Waals surface area contributed by atoms with Crippen molar-refractivity contribution in [3.05, 3.63) is 0 Å². The maximum absolute atomic E-state index is 11.6. The van der Waals surface area contributed by atoms with E-state index in [0.29, 0.717) is 12.6 Å². The number of hydrogen-bond acceptors (Lipinski definition) is 3.